The number of nitrogens with one attached hydrogen (secondary N) is 5. The molecular weight excluding hydrogens is 912 g/mol. The second-order valence-electron chi connectivity index (χ2n) is 19.1. The molecule has 3 aromatic heterocycles. The molecule has 1 atom stereocenters. The number of aryl methyl sites for hydroxylation is 1. The van der Waals surface area contributed by atoms with Crippen molar-refractivity contribution in [2.45, 2.75) is 91.6 Å². The lowest BCUT2D eigenvalue weighted by molar-refractivity contribution is -0.274. The summed E-state index contributed by atoms with van der Waals surface area (Å²) >= 11 is 0. The Hall–Kier alpha value is -7.58. The molecule has 0 radical (unpaired) electrons. The van der Waals surface area contributed by atoms with Crippen LogP contribution >= 0.6 is 0 Å². The third-order valence-electron chi connectivity index (χ3n) is 12.0. The predicted octanol–water partition coefficient (Wildman–Crippen LogP) is 5.21. The Labute approximate surface area is 401 Å². The largest absolute Gasteiger partial charge is 0.573 e. The summed E-state index contributed by atoms with van der Waals surface area (Å²) in [5.74, 6) is -2.17. The molecule has 0 spiro atoms. The molecule has 1 saturated heterocycles. The summed E-state index contributed by atoms with van der Waals surface area (Å²) < 4.78 is 44.3. The third kappa shape index (κ3) is 13.1. The fourth-order valence-electron chi connectivity index (χ4n) is 9.16. The van der Waals surface area contributed by atoms with E-state index in [9.17, 15) is 41.9 Å². The average molecular weight is 968 g/mol. The van der Waals surface area contributed by atoms with E-state index in [1.165, 1.54) is 36.8 Å². The zero-order valence-corrected chi connectivity index (χ0v) is 39.3. The maximum Gasteiger partial charge on any atom is 0.573 e. The number of carbonyl (C=O) groups excluding carboxylic acids is 6. The summed E-state index contributed by atoms with van der Waals surface area (Å²) in [5, 5.41) is 14.4. The number of pyridine rings is 1. The van der Waals surface area contributed by atoms with E-state index in [4.69, 9.17) is 5.73 Å². The molecule has 370 valence electrons. The number of fused-ring (bicyclic) bond motifs is 2. The number of piperidine rings is 1. The third-order valence-corrected chi connectivity index (χ3v) is 12.0. The molecule has 2 aliphatic rings. The van der Waals surface area contributed by atoms with Crippen LogP contribution in [0.3, 0.4) is 0 Å². The van der Waals surface area contributed by atoms with Crippen LogP contribution in [0, 0.1) is 10.8 Å². The summed E-state index contributed by atoms with van der Waals surface area (Å²) in [6, 6.07) is 13.4. The van der Waals surface area contributed by atoms with Crippen LogP contribution < -0.4 is 42.0 Å². The van der Waals surface area contributed by atoms with Crippen molar-refractivity contribution in [2.75, 3.05) is 42.1 Å². The van der Waals surface area contributed by atoms with E-state index in [2.05, 4.69) is 46.3 Å². The first-order chi connectivity index (χ1) is 33.1. The fraction of sp³-hybridized carbons (Fsp3) is 0.408. The monoisotopic (exact) mass is 967 g/mol. The summed E-state index contributed by atoms with van der Waals surface area (Å²) in [6.07, 6.45) is 2.26. The minimum absolute atomic E-state index is 0.0412. The van der Waals surface area contributed by atoms with Crippen LogP contribution in [0.15, 0.2) is 73.3 Å². The van der Waals surface area contributed by atoms with Crippen molar-refractivity contribution < 1.29 is 46.7 Å². The number of benzene rings is 2. The molecule has 5 heterocycles. The van der Waals surface area contributed by atoms with Crippen LogP contribution in [-0.4, -0.2) is 93.5 Å². The van der Waals surface area contributed by atoms with Gasteiger partial charge in [0, 0.05) is 56.5 Å². The highest BCUT2D eigenvalue weighted by Gasteiger charge is 2.33. The Bertz CT molecular complexity index is 2790. The Morgan fingerprint density at radius 1 is 0.929 bits per heavy atom. The molecule has 7 rings (SSSR count). The minimum atomic E-state index is -4.84. The first-order valence-electron chi connectivity index (χ1n) is 22.9. The first-order valence-corrected chi connectivity index (χ1v) is 22.9. The van der Waals surface area contributed by atoms with Crippen LogP contribution in [0.5, 0.6) is 5.75 Å². The van der Waals surface area contributed by atoms with E-state index in [1.807, 2.05) is 56.7 Å². The lowest BCUT2D eigenvalue weighted by atomic mass is 9.73. The molecule has 0 bridgehead atoms. The highest BCUT2D eigenvalue weighted by Crippen LogP contribution is 2.38. The minimum Gasteiger partial charge on any atom is -0.406 e. The van der Waals surface area contributed by atoms with Gasteiger partial charge in [0.2, 0.25) is 29.5 Å². The quantitative estimate of drug-likeness (QED) is 0.0462. The van der Waals surface area contributed by atoms with Gasteiger partial charge in [0.1, 0.15) is 35.3 Å². The number of nitrogens with two attached hydrogens (primary N) is 1. The van der Waals surface area contributed by atoms with E-state index < -0.39 is 29.6 Å². The number of aromatic nitrogens is 4. The molecule has 1 unspecified atom stereocenters. The van der Waals surface area contributed by atoms with Gasteiger partial charge in [0.25, 0.3) is 5.91 Å². The normalized spacial score (nSPS) is 15.0. The van der Waals surface area contributed by atoms with Gasteiger partial charge in [-0.1, -0.05) is 45.9 Å². The van der Waals surface area contributed by atoms with Gasteiger partial charge in [-0.3, -0.25) is 34.1 Å². The van der Waals surface area contributed by atoms with Crippen LogP contribution in [-0.2, 0) is 43.4 Å². The van der Waals surface area contributed by atoms with E-state index in [0.717, 1.165) is 22.4 Å². The maximum absolute atomic E-state index is 13.4. The molecule has 7 N–H and O–H groups in total. The summed E-state index contributed by atoms with van der Waals surface area (Å²) in [5.41, 5.74) is 10.6. The number of hydrogen-bond acceptors (Lipinski definition) is 12. The molecular formula is C49H56F3N11O7. The van der Waals surface area contributed by atoms with Gasteiger partial charge in [-0.15, -0.1) is 13.2 Å². The van der Waals surface area contributed by atoms with Gasteiger partial charge in [-0.25, -0.2) is 15.0 Å². The molecule has 0 aliphatic carbocycles. The summed E-state index contributed by atoms with van der Waals surface area (Å²) in [4.78, 5) is 89.8. The van der Waals surface area contributed by atoms with Crippen LogP contribution in [0.4, 0.5) is 30.4 Å². The number of imide groups is 1. The SMILES string of the molecule is CC(C)(CNC(=O)CNc1ccc(C(=O)NC2CCC(=O)NC2=O)nc1)CC(C)(C)CC(=O)NCCCn1cc(-c2ccc3c(c2)CCN3C(=O)Cc2cccc(OC(F)(F)F)c2)c2c(N)ncnc21. The topological polar surface area (TPSA) is 245 Å². The molecule has 1 fully saturated rings. The smallest absolute Gasteiger partial charge is 0.406 e. The average Bonchev–Trinajstić information content (AvgIpc) is 3.89. The maximum atomic E-state index is 13.4. The number of nitrogens with zero attached hydrogens (tertiary/aromatic N) is 5. The van der Waals surface area contributed by atoms with Gasteiger partial charge in [0.05, 0.1) is 30.2 Å². The van der Waals surface area contributed by atoms with Crippen molar-refractivity contribution >= 4 is 63.7 Å². The highest BCUT2D eigenvalue weighted by atomic mass is 19.4. The first kappa shape index (κ1) is 50.3. The van der Waals surface area contributed by atoms with E-state index in [0.29, 0.717) is 73.5 Å². The van der Waals surface area contributed by atoms with Crippen molar-refractivity contribution in [2.24, 2.45) is 10.8 Å². The van der Waals surface area contributed by atoms with Crippen molar-refractivity contribution in [3.8, 4) is 16.9 Å². The number of carbonyl (C=O) groups is 6. The number of halogens is 3. The second kappa shape index (κ2) is 21.0. The van der Waals surface area contributed by atoms with Crippen molar-refractivity contribution in [1.82, 2.24) is 40.8 Å². The van der Waals surface area contributed by atoms with Gasteiger partial charge >= 0.3 is 6.36 Å². The Kier molecular flexibility index (Phi) is 15.1. The zero-order chi connectivity index (χ0) is 50.4. The van der Waals surface area contributed by atoms with Crippen molar-refractivity contribution in [1.29, 1.82) is 0 Å². The standard InChI is InChI=1S/C49H56F3N11O7/c1-47(2,26-48(3,4)27-57-40(66)24-55-32-10-11-35(56-23-32)45(68)60-36-12-14-38(64)61-46(36)69)22-39(65)54-16-6-17-62-25-34(42-43(53)58-28-59-44(42)62)30-9-13-37-31(21-30)15-18-63(37)41(67)20-29-7-5-8-33(19-29)70-49(50,51)52/h5,7-11,13,19,21,23,25,28,36,55H,6,12,14-18,20,22,24,26-27H2,1-4H3,(H,54,65)(H,57,66)(H,60,68)(H2,53,58,59)(H,61,64,69). The molecule has 70 heavy (non-hydrogen) atoms. The molecule has 21 heteroatoms. The predicted molar refractivity (Wildman–Crippen MR) is 254 cm³/mol. The highest BCUT2D eigenvalue weighted by molar-refractivity contribution is 6.04. The number of ether oxygens (including phenoxy) is 1. The van der Waals surface area contributed by atoms with Crippen molar-refractivity contribution in [3.63, 3.8) is 0 Å². The lowest BCUT2D eigenvalue weighted by Gasteiger charge is -2.35. The van der Waals surface area contributed by atoms with E-state index in [-0.39, 0.29) is 72.7 Å². The van der Waals surface area contributed by atoms with Crippen molar-refractivity contribution in [3.05, 3.63) is 90.1 Å². The second-order valence-corrected chi connectivity index (χ2v) is 19.1. The molecule has 0 saturated carbocycles. The lowest BCUT2D eigenvalue weighted by Crippen LogP contribution is -2.52. The number of anilines is 3. The molecule has 2 aliphatic heterocycles. The van der Waals surface area contributed by atoms with Crippen LogP contribution in [0.25, 0.3) is 22.2 Å². The van der Waals surface area contributed by atoms with Gasteiger partial charge in [0.15, 0.2) is 0 Å². The number of nitrogen functional groups attached to an aromatic ring is 1. The van der Waals surface area contributed by atoms with Gasteiger partial charge < -0.3 is 41.2 Å². The molecule has 5 aromatic rings. The molecule has 18 nitrogen and oxygen atoms in total. The van der Waals surface area contributed by atoms with Crippen LogP contribution in [0.1, 0.15) is 81.4 Å². The summed E-state index contributed by atoms with van der Waals surface area (Å²) in [6.45, 7) is 9.77. The summed E-state index contributed by atoms with van der Waals surface area (Å²) in [7, 11) is 0. The van der Waals surface area contributed by atoms with Gasteiger partial charge in [-0.05, 0) is 89.6 Å². The van der Waals surface area contributed by atoms with Gasteiger partial charge in [-0.2, -0.15) is 0 Å². The molecule has 6 amide bonds. The van der Waals surface area contributed by atoms with Crippen LogP contribution in [0.2, 0.25) is 0 Å². The molecule has 2 aromatic carbocycles. The number of rotatable bonds is 19. The number of hydrogen-bond donors (Lipinski definition) is 6. The Balaban J connectivity index is 0.855. The number of alkyl halides is 3. The Morgan fingerprint density at radius 3 is 2.47 bits per heavy atom. The zero-order valence-electron chi connectivity index (χ0n) is 39.3. The van der Waals surface area contributed by atoms with E-state index in [1.54, 1.807) is 17.0 Å². The Morgan fingerprint density at radius 2 is 1.73 bits per heavy atom. The van der Waals surface area contributed by atoms with E-state index >= 15 is 0 Å². The number of amides is 6. The fourth-order valence-corrected chi connectivity index (χ4v) is 9.16.